The zero-order valence-corrected chi connectivity index (χ0v) is 20.1. The number of ether oxygens (including phenoxy) is 1. The van der Waals surface area contributed by atoms with Gasteiger partial charge < -0.3 is 14.5 Å². The predicted octanol–water partition coefficient (Wildman–Crippen LogP) is 5.24. The summed E-state index contributed by atoms with van der Waals surface area (Å²) in [6.45, 7) is 7.45. The molecule has 0 radical (unpaired) electrons. The molecule has 172 valence electrons. The molecule has 4 rings (SSSR count). The zero-order valence-electron chi connectivity index (χ0n) is 20.1. The molecule has 4 nitrogen and oxygen atoms in total. The van der Waals surface area contributed by atoms with Crippen LogP contribution in [0.4, 0.5) is 0 Å². The molecule has 1 aliphatic carbocycles. The van der Waals surface area contributed by atoms with Gasteiger partial charge in [0.1, 0.15) is 5.75 Å². The van der Waals surface area contributed by atoms with E-state index in [1.54, 1.807) is 7.11 Å². The van der Waals surface area contributed by atoms with Crippen molar-refractivity contribution in [2.24, 2.45) is 11.8 Å². The summed E-state index contributed by atoms with van der Waals surface area (Å²) in [7, 11) is 3.99. The zero-order chi connectivity index (χ0) is 22.7. The Kier molecular flexibility index (Phi) is 6.90. The highest BCUT2D eigenvalue weighted by Crippen LogP contribution is 2.50. The largest absolute Gasteiger partial charge is 0.497 e. The van der Waals surface area contributed by atoms with Crippen molar-refractivity contribution in [3.8, 4) is 5.75 Å². The smallest absolute Gasteiger partial charge is 0.254 e. The maximum atomic E-state index is 13.6. The van der Waals surface area contributed by atoms with Crippen LogP contribution in [0.25, 0.3) is 0 Å². The fourth-order valence-electron chi connectivity index (χ4n) is 6.02. The third kappa shape index (κ3) is 4.56. The molecule has 1 aliphatic heterocycles. The summed E-state index contributed by atoms with van der Waals surface area (Å²) in [5.74, 6) is 2.15. The molecule has 0 aromatic heterocycles. The summed E-state index contributed by atoms with van der Waals surface area (Å²) >= 11 is 0. The quantitative estimate of drug-likeness (QED) is 0.624. The average Bonchev–Trinajstić information content (AvgIpc) is 2.82. The Hall–Kier alpha value is -2.33. The van der Waals surface area contributed by atoms with Crippen molar-refractivity contribution < 1.29 is 9.53 Å². The van der Waals surface area contributed by atoms with E-state index >= 15 is 0 Å². The topological polar surface area (TPSA) is 32.8 Å². The molecule has 0 bridgehead atoms. The number of hydrogen-bond donors (Lipinski definition) is 0. The minimum atomic E-state index is 0.0934. The lowest BCUT2D eigenvalue weighted by molar-refractivity contribution is 0.0170. The number of benzene rings is 2. The summed E-state index contributed by atoms with van der Waals surface area (Å²) in [4.78, 5) is 18.3. The first kappa shape index (κ1) is 22.8. The average molecular weight is 435 g/mol. The monoisotopic (exact) mass is 434 g/mol. The van der Waals surface area contributed by atoms with Crippen molar-refractivity contribution in [2.45, 2.75) is 51.0 Å². The highest BCUT2D eigenvalue weighted by atomic mass is 16.5. The number of rotatable bonds is 6. The van der Waals surface area contributed by atoms with Crippen LogP contribution in [0, 0.1) is 11.8 Å². The summed E-state index contributed by atoms with van der Waals surface area (Å²) in [6, 6.07) is 18.8. The molecule has 0 N–H and O–H groups in total. The second kappa shape index (κ2) is 9.66. The van der Waals surface area contributed by atoms with Crippen molar-refractivity contribution in [3.63, 3.8) is 0 Å². The standard InChI is InChI=1S/C28H38N2O2/c1-21(2)19-30(27(31)22-9-6-5-7-10-22)25-14-13-24-20-29(3)16-15-28(24,18-25)23-11-8-12-26(17-23)32-4/h5-12,17,21,24-25H,13-16,18-20H2,1-4H3/t24-,25+,28+/m1/s1. The number of piperidine rings is 1. The van der Waals surface area contributed by atoms with Gasteiger partial charge in [-0.3, -0.25) is 4.79 Å². The predicted molar refractivity (Wildman–Crippen MR) is 130 cm³/mol. The maximum Gasteiger partial charge on any atom is 0.254 e. The van der Waals surface area contributed by atoms with Gasteiger partial charge >= 0.3 is 0 Å². The van der Waals surface area contributed by atoms with Gasteiger partial charge in [0, 0.05) is 30.1 Å². The first-order valence-electron chi connectivity index (χ1n) is 12.1. The van der Waals surface area contributed by atoms with Gasteiger partial charge in [0.05, 0.1) is 7.11 Å². The van der Waals surface area contributed by atoms with E-state index in [-0.39, 0.29) is 17.4 Å². The minimum Gasteiger partial charge on any atom is -0.497 e. The maximum absolute atomic E-state index is 13.6. The lowest BCUT2D eigenvalue weighted by Gasteiger charge is -2.54. The lowest BCUT2D eigenvalue weighted by atomic mass is 9.57. The molecule has 1 saturated heterocycles. The molecule has 2 aliphatic rings. The van der Waals surface area contributed by atoms with Crippen LogP contribution < -0.4 is 4.74 Å². The molecular weight excluding hydrogens is 396 g/mol. The van der Waals surface area contributed by atoms with E-state index in [1.165, 1.54) is 5.56 Å². The van der Waals surface area contributed by atoms with Crippen molar-refractivity contribution >= 4 is 5.91 Å². The molecule has 1 heterocycles. The normalized spacial score (nSPS) is 25.9. The van der Waals surface area contributed by atoms with Gasteiger partial charge in [-0.25, -0.2) is 0 Å². The summed E-state index contributed by atoms with van der Waals surface area (Å²) < 4.78 is 5.59. The number of carbonyl (C=O) groups is 1. The molecule has 0 spiro atoms. The minimum absolute atomic E-state index is 0.0934. The van der Waals surface area contributed by atoms with Crippen LogP contribution in [-0.2, 0) is 5.41 Å². The molecule has 32 heavy (non-hydrogen) atoms. The van der Waals surface area contributed by atoms with Crippen LogP contribution in [0.15, 0.2) is 54.6 Å². The SMILES string of the molecule is COc1cccc([C@@]23CCN(C)C[C@H]2CC[C@H](N(CC(C)C)C(=O)c2ccccc2)C3)c1. The Morgan fingerprint density at radius 3 is 2.66 bits per heavy atom. The van der Waals surface area contributed by atoms with E-state index in [0.717, 1.165) is 56.6 Å². The van der Waals surface area contributed by atoms with Crippen LogP contribution >= 0.6 is 0 Å². The fourth-order valence-corrected chi connectivity index (χ4v) is 6.02. The second-order valence-electron chi connectivity index (χ2n) is 10.2. The van der Waals surface area contributed by atoms with Gasteiger partial charge in [0.25, 0.3) is 5.91 Å². The molecule has 1 amide bonds. The van der Waals surface area contributed by atoms with Crippen LogP contribution in [0.1, 0.15) is 55.5 Å². The van der Waals surface area contributed by atoms with Gasteiger partial charge in [-0.1, -0.05) is 44.2 Å². The number of carbonyl (C=O) groups excluding carboxylic acids is 1. The van der Waals surface area contributed by atoms with Gasteiger partial charge in [-0.2, -0.15) is 0 Å². The lowest BCUT2D eigenvalue weighted by Crippen LogP contribution is -2.56. The van der Waals surface area contributed by atoms with E-state index < -0.39 is 0 Å². The Morgan fingerprint density at radius 1 is 1.16 bits per heavy atom. The third-order valence-electron chi connectivity index (χ3n) is 7.63. The molecular formula is C28H38N2O2. The van der Waals surface area contributed by atoms with E-state index in [0.29, 0.717) is 11.8 Å². The van der Waals surface area contributed by atoms with E-state index in [4.69, 9.17) is 4.74 Å². The van der Waals surface area contributed by atoms with Gasteiger partial charge in [-0.15, -0.1) is 0 Å². The Bertz CT molecular complexity index is 913. The fraction of sp³-hybridized carbons (Fsp3) is 0.536. The molecule has 2 aromatic rings. The van der Waals surface area contributed by atoms with Crippen molar-refractivity contribution in [1.29, 1.82) is 0 Å². The number of nitrogens with zero attached hydrogens (tertiary/aromatic N) is 2. The van der Waals surface area contributed by atoms with Crippen LogP contribution in [0.5, 0.6) is 5.75 Å². The van der Waals surface area contributed by atoms with Crippen molar-refractivity contribution in [2.75, 3.05) is 33.8 Å². The molecule has 1 saturated carbocycles. The van der Waals surface area contributed by atoms with Gasteiger partial charge in [0.2, 0.25) is 0 Å². The van der Waals surface area contributed by atoms with E-state index in [9.17, 15) is 4.79 Å². The number of likely N-dealkylation sites (tertiary alicyclic amines) is 1. The molecule has 3 atom stereocenters. The Balaban J connectivity index is 1.69. The highest BCUT2D eigenvalue weighted by molar-refractivity contribution is 5.94. The summed E-state index contributed by atoms with van der Waals surface area (Å²) in [6.07, 6.45) is 4.40. The van der Waals surface area contributed by atoms with Crippen LogP contribution in [-0.4, -0.2) is 55.5 Å². The molecule has 2 aromatic carbocycles. The van der Waals surface area contributed by atoms with Gasteiger partial charge in [0.15, 0.2) is 0 Å². The first-order chi connectivity index (χ1) is 15.4. The number of amides is 1. The second-order valence-corrected chi connectivity index (χ2v) is 10.2. The number of methoxy groups -OCH3 is 1. The van der Waals surface area contributed by atoms with E-state index in [2.05, 4.69) is 48.9 Å². The summed E-state index contributed by atoms with van der Waals surface area (Å²) in [5, 5.41) is 0. The Labute approximate surface area is 193 Å². The van der Waals surface area contributed by atoms with Crippen LogP contribution in [0.2, 0.25) is 0 Å². The molecule has 2 fully saturated rings. The van der Waals surface area contributed by atoms with Gasteiger partial charge in [-0.05, 0) is 80.9 Å². The Morgan fingerprint density at radius 2 is 1.94 bits per heavy atom. The molecule has 0 unspecified atom stereocenters. The third-order valence-corrected chi connectivity index (χ3v) is 7.63. The number of hydrogen-bond acceptors (Lipinski definition) is 3. The highest BCUT2D eigenvalue weighted by Gasteiger charge is 2.49. The number of fused-ring (bicyclic) bond motifs is 1. The van der Waals surface area contributed by atoms with Crippen molar-refractivity contribution in [1.82, 2.24) is 9.80 Å². The first-order valence-corrected chi connectivity index (χ1v) is 12.1. The van der Waals surface area contributed by atoms with E-state index in [1.807, 2.05) is 36.4 Å². The van der Waals surface area contributed by atoms with Crippen LogP contribution in [0.3, 0.4) is 0 Å². The molecule has 4 heteroatoms. The summed E-state index contributed by atoms with van der Waals surface area (Å²) in [5.41, 5.74) is 2.28. The van der Waals surface area contributed by atoms with Crippen molar-refractivity contribution in [3.05, 3.63) is 65.7 Å².